The number of nitrogens with one attached hydrogen (secondary N) is 2. The van der Waals surface area contributed by atoms with Crippen molar-refractivity contribution in [2.75, 3.05) is 13.2 Å². The Morgan fingerprint density at radius 3 is 1.29 bits per heavy atom. The molecule has 2 amide bonds. The number of carbonyl (C=O) groups excluding carboxylic acids is 2. The van der Waals surface area contributed by atoms with Gasteiger partial charge >= 0.3 is 0 Å². The van der Waals surface area contributed by atoms with Crippen LogP contribution < -0.4 is 15.4 Å². The number of benzene rings is 7. The Morgan fingerprint density at radius 2 is 0.838 bits per heavy atom. The fourth-order valence-corrected chi connectivity index (χ4v) is 10.4. The molecule has 0 radical (unpaired) electrons. The molecule has 9 rings (SSSR count). The van der Waals surface area contributed by atoms with Crippen LogP contribution in [0.5, 0.6) is 5.75 Å². The topological polar surface area (TPSA) is 145 Å². The molecule has 2 aliphatic rings. The van der Waals surface area contributed by atoms with Crippen molar-refractivity contribution >= 4 is 29.2 Å². The number of rotatable bonds is 26. The Morgan fingerprint density at radius 1 is 0.463 bits per heavy atom. The van der Waals surface area contributed by atoms with Crippen LogP contribution in [0.4, 0.5) is 0 Å². The lowest BCUT2D eigenvalue weighted by atomic mass is 9.95. The van der Waals surface area contributed by atoms with Gasteiger partial charge in [-0.05, 0) is 57.7 Å². The number of ether oxygens (including phenoxy) is 8. The predicted molar refractivity (Wildman–Crippen MR) is 306 cm³/mol. The van der Waals surface area contributed by atoms with Crippen LogP contribution in [-0.4, -0.2) is 90.2 Å². The molecule has 10 atom stereocenters. The summed E-state index contributed by atoms with van der Waals surface area (Å²) in [5.74, 6) is -0.967. The van der Waals surface area contributed by atoms with Crippen LogP contribution in [0.25, 0.3) is 0 Å². The zero-order valence-electron chi connectivity index (χ0n) is 45.0. The molecule has 2 fully saturated rings. The fourth-order valence-electron chi connectivity index (χ4n) is 10.2. The van der Waals surface area contributed by atoms with Crippen molar-refractivity contribution in [2.24, 2.45) is 5.92 Å². The molecule has 0 bridgehead atoms. The highest BCUT2D eigenvalue weighted by atomic mass is 32.1. The van der Waals surface area contributed by atoms with E-state index in [0.717, 1.165) is 33.4 Å². The third-order valence-electron chi connectivity index (χ3n) is 13.9. The highest BCUT2D eigenvalue weighted by Gasteiger charge is 2.59. The van der Waals surface area contributed by atoms with Crippen LogP contribution in [0.1, 0.15) is 47.2 Å². The smallest absolute Gasteiger partial charge is 0.289 e. The third kappa shape index (κ3) is 16.5. The fraction of sp³-hybridized carbons (Fsp3) is 0.308. The van der Waals surface area contributed by atoms with Gasteiger partial charge in [0.15, 0.2) is 6.29 Å². The van der Waals surface area contributed by atoms with Crippen LogP contribution in [0.2, 0.25) is 0 Å². The second kappa shape index (κ2) is 29.9. The molecule has 7 aromatic rings. The summed E-state index contributed by atoms with van der Waals surface area (Å²) in [5, 5.41) is 7.95. The predicted octanol–water partition coefficient (Wildman–Crippen LogP) is 10.1. The number of hydrogen-bond acceptors (Lipinski definition) is 12. The molecule has 416 valence electrons. The second-order valence-electron chi connectivity index (χ2n) is 19.8. The van der Waals surface area contributed by atoms with Crippen molar-refractivity contribution in [3.05, 3.63) is 246 Å². The quantitative estimate of drug-likeness (QED) is 0.0393. The molecule has 1 heterocycles. The number of nitrogens with zero attached hydrogens (tertiary/aromatic N) is 1. The van der Waals surface area contributed by atoms with Crippen molar-refractivity contribution in [1.82, 2.24) is 15.7 Å². The average Bonchev–Trinajstić information content (AvgIpc) is 4.01. The number of hydrogen-bond donors (Lipinski definition) is 2. The molecule has 7 aromatic carbocycles. The molecule has 80 heavy (non-hydrogen) atoms. The van der Waals surface area contributed by atoms with Crippen molar-refractivity contribution in [3.63, 3.8) is 0 Å². The van der Waals surface area contributed by atoms with Gasteiger partial charge in [-0.15, -0.1) is 0 Å². The Balaban J connectivity index is 1.16. The minimum Gasteiger partial charge on any atom is -0.430 e. The first-order chi connectivity index (χ1) is 39.3. The van der Waals surface area contributed by atoms with E-state index in [9.17, 15) is 9.59 Å². The molecular weight excluding hydrogens is 1030 g/mol. The van der Waals surface area contributed by atoms with Gasteiger partial charge in [-0.2, -0.15) is 0 Å². The monoisotopic (exact) mass is 1100 g/mol. The summed E-state index contributed by atoms with van der Waals surface area (Å²) in [6.45, 7) is 4.07. The maximum Gasteiger partial charge on any atom is 0.289 e. The maximum atomic E-state index is 13.8. The minimum atomic E-state index is -1.26. The van der Waals surface area contributed by atoms with Crippen LogP contribution >= 0.6 is 12.2 Å². The Labute approximate surface area is 474 Å². The molecule has 14 nitrogen and oxygen atoms in total. The lowest BCUT2D eigenvalue weighted by molar-refractivity contribution is -0.310. The summed E-state index contributed by atoms with van der Waals surface area (Å²) in [4.78, 5) is 34.4. The van der Waals surface area contributed by atoms with Crippen molar-refractivity contribution < 1.29 is 52.3 Å². The summed E-state index contributed by atoms with van der Waals surface area (Å²) in [5.41, 5.74) is 5.48. The lowest BCUT2D eigenvalue weighted by Crippen LogP contribution is -2.67. The van der Waals surface area contributed by atoms with Crippen molar-refractivity contribution in [2.45, 2.75) is 108 Å². The Bertz CT molecular complexity index is 2940. The van der Waals surface area contributed by atoms with Crippen molar-refractivity contribution in [3.8, 4) is 5.75 Å². The molecule has 2 N–H and O–H groups in total. The van der Waals surface area contributed by atoms with E-state index in [-0.39, 0.29) is 69.8 Å². The molecule has 0 unspecified atom stereocenters. The summed E-state index contributed by atoms with van der Waals surface area (Å²) in [6, 6.07) is 65.2. The lowest BCUT2D eigenvalue weighted by Gasteiger charge is -2.47. The first-order valence-electron chi connectivity index (χ1n) is 27.0. The number of amides is 2. The van der Waals surface area contributed by atoms with Gasteiger partial charge in [0.1, 0.15) is 42.8 Å². The zero-order chi connectivity index (χ0) is 55.3. The van der Waals surface area contributed by atoms with Gasteiger partial charge in [0, 0.05) is 19.8 Å². The summed E-state index contributed by atoms with van der Waals surface area (Å²) < 4.78 is 55.5. The third-order valence-corrected chi connectivity index (χ3v) is 14.1. The Kier molecular flexibility index (Phi) is 21.5. The molecule has 0 spiro atoms. The molecule has 1 saturated carbocycles. The number of carbonyl (C=O) groups is 2. The summed E-state index contributed by atoms with van der Waals surface area (Å²) in [6.07, 6.45) is -5.72. The zero-order valence-corrected chi connectivity index (χ0v) is 45.8. The molecular formula is C65H69N3O11S. The van der Waals surface area contributed by atoms with E-state index >= 15 is 0 Å². The van der Waals surface area contributed by atoms with Gasteiger partial charge in [0.2, 0.25) is 11.8 Å². The first kappa shape index (κ1) is 57.5. The van der Waals surface area contributed by atoms with E-state index in [2.05, 4.69) is 10.6 Å². The van der Waals surface area contributed by atoms with Gasteiger partial charge in [-0.3, -0.25) is 14.4 Å². The highest BCUT2D eigenvalue weighted by Crippen LogP contribution is 2.41. The Hall–Kier alpha value is -7.15. The van der Waals surface area contributed by atoms with Gasteiger partial charge < -0.3 is 48.5 Å². The number of hydroxylamine groups is 2. The normalized spacial score (nSPS) is 22.5. The minimum absolute atomic E-state index is 0.0303. The summed E-state index contributed by atoms with van der Waals surface area (Å²) in [7, 11) is 0. The molecule has 1 aliphatic heterocycles. The summed E-state index contributed by atoms with van der Waals surface area (Å²) >= 11 is 6.24. The van der Waals surface area contributed by atoms with Gasteiger partial charge in [-0.25, -0.2) is 5.06 Å². The van der Waals surface area contributed by atoms with Gasteiger partial charge in [0.05, 0.1) is 64.4 Å². The maximum absolute atomic E-state index is 13.8. The van der Waals surface area contributed by atoms with E-state index in [1.807, 2.05) is 200 Å². The largest absolute Gasteiger partial charge is 0.430 e. The first-order valence-corrected chi connectivity index (χ1v) is 27.4. The van der Waals surface area contributed by atoms with E-state index in [1.165, 1.54) is 13.8 Å². The van der Waals surface area contributed by atoms with Crippen LogP contribution in [0.15, 0.2) is 212 Å². The SMILES string of the molecule is CC(=O)N[C@@H]1[C@@H](OCc2ccccc2)[C@H](O[C@@H]2O[C@H](COCc3ccccc3)[C@@H](OCc3ccccc3)[C@H](OCc3ccccc3)[C@H]2NC(C)=O)[C@@H](COCc2ccccc2)[C@@H]1N(OCc1ccccc1)C(=S)Oc1ccccc1. The highest BCUT2D eigenvalue weighted by molar-refractivity contribution is 7.80. The van der Waals surface area contributed by atoms with Crippen molar-refractivity contribution in [1.29, 1.82) is 0 Å². The van der Waals surface area contributed by atoms with Crippen LogP contribution in [0.3, 0.4) is 0 Å². The van der Waals surface area contributed by atoms with E-state index in [1.54, 1.807) is 17.2 Å². The molecule has 0 aromatic heterocycles. The number of para-hydroxylation sites is 1. The molecule has 15 heteroatoms. The standard InChI is InChI=1S/C65H69N3O11S/c1-46(69)66-57-59(68(76-43-53-34-20-8-21-35-53)65(80)77-54-36-22-9-23-37-54)55(44-71-38-48-24-10-3-11-25-48)60(62(57)74-41-51-30-16-6-17-31-51)79-64-58(67-47(2)70)63(75-42-52-32-18-7-19-33-52)61(73-40-50-28-14-5-15-29-50)56(78-64)45-72-39-49-26-12-4-13-27-49/h3-37,55-64H,38-45H2,1-2H3,(H,66,69)(H,67,70)/t55-,56+,57-,58+,59-,60+,61+,62+,63+,64-/m0/s1. The second-order valence-corrected chi connectivity index (χ2v) is 20.2. The van der Waals surface area contributed by atoms with Crippen LogP contribution in [-0.2, 0) is 87.2 Å². The van der Waals surface area contributed by atoms with Gasteiger partial charge in [0.25, 0.3) is 5.17 Å². The molecule has 1 saturated heterocycles. The van der Waals surface area contributed by atoms with E-state index in [0.29, 0.717) is 5.75 Å². The molecule has 1 aliphatic carbocycles. The van der Waals surface area contributed by atoms with Crippen LogP contribution in [0, 0.1) is 5.92 Å². The van der Waals surface area contributed by atoms with Gasteiger partial charge in [-0.1, -0.05) is 200 Å². The van der Waals surface area contributed by atoms with E-state index in [4.69, 9.17) is 55.0 Å². The number of thiocarbonyl (C=S) groups is 1. The average molecular weight is 1100 g/mol. The van der Waals surface area contributed by atoms with E-state index < -0.39 is 60.9 Å².